The number of nitrogens with zero attached hydrogens (tertiary/aromatic N) is 2. The first-order valence-electron chi connectivity index (χ1n) is 10.5. The summed E-state index contributed by atoms with van der Waals surface area (Å²) in [6.07, 6.45) is 9.51. The third-order valence-electron chi connectivity index (χ3n) is 6.91. The summed E-state index contributed by atoms with van der Waals surface area (Å²) in [5, 5.41) is 0. The molecule has 1 aromatic carbocycles. The van der Waals surface area contributed by atoms with Gasteiger partial charge >= 0.3 is 0 Å². The van der Waals surface area contributed by atoms with Crippen molar-refractivity contribution in [2.45, 2.75) is 64.0 Å². The Balaban J connectivity index is 1.46. The lowest BCUT2D eigenvalue weighted by Gasteiger charge is -2.40. The van der Waals surface area contributed by atoms with Gasteiger partial charge in [-0.2, -0.15) is 0 Å². The summed E-state index contributed by atoms with van der Waals surface area (Å²) in [6, 6.07) is 5.43. The average molecular weight is 375 g/mol. The van der Waals surface area contributed by atoms with Gasteiger partial charge in [0.15, 0.2) is 0 Å². The fourth-order valence-electron chi connectivity index (χ4n) is 5.35. The maximum absolute atomic E-state index is 14.3. The van der Waals surface area contributed by atoms with Crippen LogP contribution in [-0.2, 0) is 11.3 Å². The molecule has 5 heteroatoms. The van der Waals surface area contributed by atoms with E-state index < -0.39 is 0 Å². The molecule has 1 amide bonds. The van der Waals surface area contributed by atoms with Gasteiger partial charge in [-0.05, 0) is 56.8 Å². The lowest BCUT2D eigenvalue weighted by molar-refractivity contribution is -0.146. The predicted molar refractivity (Wildman–Crippen MR) is 103 cm³/mol. The van der Waals surface area contributed by atoms with Gasteiger partial charge < -0.3 is 9.64 Å². The molecule has 0 bridgehead atoms. The van der Waals surface area contributed by atoms with Gasteiger partial charge in [-0.25, -0.2) is 4.39 Å². The van der Waals surface area contributed by atoms with Crippen LogP contribution in [0.3, 0.4) is 0 Å². The number of carbonyl (C=O) groups excluding carboxylic acids is 1. The Morgan fingerprint density at radius 3 is 2.74 bits per heavy atom. The second-order valence-corrected chi connectivity index (χ2v) is 8.58. The molecule has 1 atom stereocenters. The highest BCUT2D eigenvalue weighted by Gasteiger charge is 2.49. The van der Waals surface area contributed by atoms with Gasteiger partial charge in [0.05, 0.1) is 12.5 Å². The molecule has 2 aliphatic heterocycles. The minimum atomic E-state index is -0.265. The van der Waals surface area contributed by atoms with Gasteiger partial charge in [0.2, 0.25) is 5.91 Å². The van der Waals surface area contributed by atoms with E-state index in [9.17, 15) is 9.18 Å². The highest BCUT2D eigenvalue weighted by Crippen LogP contribution is 2.42. The Bertz CT molecular complexity index is 689. The predicted octanol–water partition coefficient (Wildman–Crippen LogP) is 3.98. The molecule has 2 saturated heterocycles. The van der Waals surface area contributed by atoms with Crippen LogP contribution in [0.4, 0.5) is 4.39 Å². The summed E-state index contributed by atoms with van der Waals surface area (Å²) < 4.78 is 19.5. The molecule has 0 N–H and O–H groups in total. The van der Waals surface area contributed by atoms with E-state index in [0.29, 0.717) is 23.9 Å². The van der Waals surface area contributed by atoms with Crippen LogP contribution in [0.1, 0.15) is 56.9 Å². The number of methoxy groups -OCH3 is 1. The minimum Gasteiger partial charge on any atom is -0.497 e. The van der Waals surface area contributed by atoms with Crippen molar-refractivity contribution in [2.24, 2.45) is 5.41 Å². The molecular weight excluding hydrogens is 343 g/mol. The van der Waals surface area contributed by atoms with E-state index >= 15 is 0 Å². The van der Waals surface area contributed by atoms with Crippen LogP contribution in [0.2, 0.25) is 0 Å². The Morgan fingerprint density at radius 1 is 1.15 bits per heavy atom. The number of amides is 1. The van der Waals surface area contributed by atoms with Gasteiger partial charge in [0, 0.05) is 31.2 Å². The monoisotopic (exact) mass is 374 g/mol. The number of ether oxygens (including phenoxy) is 1. The maximum atomic E-state index is 14.3. The summed E-state index contributed by atoms with van der Waals surface area (Å²) in [5.41, 5.74) is 0.298. The molecule has 2 heterocycles. The van der Waals surface area contributed by atoms with Gasteiger partial charge in [0.25, 0.3) is 0 Å². The first-order valence-corrected chi connectivity index (χ1v) is 10.5. The molecule has 0 aromatic heterocycles. The number of carbonyl (C=O) groups is 1. The average Bonchev–Trinajstić information content (AvgIpc) is 3.13. The molecule has 4 nitrogen and oxygen atoms in total. The van der Waals surface area contributed by atoms with E-state index in [0.717, 1.165) is 38.9 Å². The topological polar surface area (TPSA) is 32.8 Å². The van der Waals surface area contributed by atoms with Crippen molar-refractivity contribution >= 4 is 5.91 Å². The first kappa shape index (κ1) is 18.7. The molecule has 1 saturated carbocycles. The SMILES string of the molecule is COc1ccc(F)c(CN2CCCC3(CCN(C4CCCCC4)C3)C2=O)c1. The number of piperidine rings is 1. The Labute approximate surface area is 161 Å². The van der Waals surface area contributed by atoms with E-state index in [1.807, 2.05) is 4.90 Å². The van der Waals surface area contributed by atoms with Crippen molar-refractivity contribution in [1.29, 1.82) is 0 Å². The molecule has 1 aromatic rings. The summed E-state index contributed by atoms with van der Waals surface area (Å²) in [6.45, 7) is 3.00. The van der Waals surface area contributed by atoms with Crippen molar-refractivity contribution in [2.75, 3.05) is 26.7 Å². The second-order valence-electron chi connectivity index (χ2n) is 8.58. The molecule has 3 aliphatic rings. The van der Waals surface area contributed by atoms with E-state index in [1.165, 1.54) is 38.2 Å². The van der Waals surface area contributed by atoms with Crippen molar-refractivity contribution in [1.82, 2.24) is 9.80 Å². The van der Waals surface area contributed by atoms with E-state index in [2.05, 4.69) is 4.90 Å². The molecule has 148 valence electrons. The van der Waals surface area contributed by atoms with Crippen molar-refractivity contribution in [3.05, 3.63) is 29.6 Å². The van der Waals surface area contributed by atoms with Crippen LogP contribution in [0.25, 0.3) is 0 Å². The highest BCUT2D eigenvalue weighted by atomic mass is 19.1. The number of benzene rings is 1. The number of rotatable bonds is 4. The van der Waals surface area contributed by atoms with Crippen LogP contribution in [-0.4, -0.2) is 48.5 Å². The molecule has 1 spiro atoms. The zero-order chi connectivity index (χ0) is 18.9. The number of halogens is 1. The quantitative estimate of drug-likeness (QED) is 0.799. The van der Waals surface area contributed by atoms with Gasteiger partial charge in [-0.3, -0.25) is 9.69 Å². The smallest absolute Gasteiger partial charge is 0.230 e. The van der Waals surface area contributed by atoms with Gasteiger partial charge in [-0.15, -0.1) is 0 Å². The molecule has 4 rings (SSSR count). The van der Waals surface area contributed by atoms with Crippen LogP contribution in [0.5, 0.6) is 5.75 Å². The van der Waals surface area contributed by atoms with Gasteiger partial charge in [-0.1, -0.05) is 19.3 Å². The van der Waals surface area contributed by atoms with E-state index in [4.69, 9.17) is 4.74 Å². The van der Waals surface area contributed by atoms with Gasteiger partial charge in [0.1, 0.15) is 11.6 Å². The molecule has 1 aliphatic carbocycles. The van der Waals surface area contributed by atoms with Crippen LogP contribution >= 0.6 is 0 Å². The minimum absolute atomic E-state index is 0.231. The zero-order valence-corrected chi connectivity index (χ0v) is 16.4. The molecule has 3 fully saturated rings. The molecular formula is C22H31FN2O2. The van der Waals surface area contributed by atoms with E-state index in [-0.39, 0.29) is 17.1 Å². The van der Waals surface area contributed by atoms with E-state index in [1.54, 1.807) is 19.2 Å². The third kappa shape index (κ3) is 3.71. The standard InChI is InChI=1S/C22H31FN2O2/c1-27-19-8-9-20(23)17(14-19)15-24-12-5-10-22(21(24)26)11-13-25(16-22)18-6-3-2-4-7-18/h8-9,14,18H,2-7,10-13,15-16H2,1H3. The van der Waals surface area contributed by atoms with Crippen molar-refractivity contribution in [3.8, 4) is 5.75 Å². The van der Waals surface area contributed by atoms with Crippen LogP contribution in [0.15, 0.2) is 18.2 Å². The summed E-state index contributed by atoms with van der Waals surface area (Å²) in [7, 11) is 1.58. The Morgan fingerprint density at radius 2 is 1.96 bits per heavy atom. The third-order valence-corrected chi connectivity index (χ3v) is 6.91. The number of hydrogen-bond donors (Lipinski definition) is 0. The highest BCUT2D eigenvalue weighted by molar-refractivity contribution is 5.84. The van der Waals surface area contributed by atoms with Crippen LogP contribution < -0.4 is 4.74 Å². The summed E-state index contributed by atoms with van der Waals surface area (Å²) in [5.74, 6) is 0.600. The lowest BCUT2D eigenvalue weighted by Crippen LogP contribution is -2.50. The molecule has 0 radical (unpaired) electrons. The maximum Gasteiger partial charge on any atom is 0.230 e. The normalized spacial score (nSPS) is 27.5. The fourth-order valence-corrected chi connectivity index (χ4v) is 5.35. The second kappa shape index (κ2) is 7.78. The Hall–Kier alpha value is -1.62. The summed E-state index contributed by atoms with van der Waals surface area (Å²) >= 11 is 0. The van der Waals surface area contributed by atoms with Crippen molar-refractivity contribution in [3.63, 3.8) is 0 Å². The molecule has 27 heavy (non-hydrogen) atoms. The first-order chi connectivity index (χ1) is 13.1. The lowest BCUT2D eigenvalue weighted by atomic mass is 9.78. The fraction of sp³-hybridized carbons (Fsp3) is 0.682. The van der Waals surface area contributed by atoms with Crippen LogP contribution in [0, 0.1) is 11.2 Å². The van der Waals surface area contributed by atoms with Crippen molar-refractivity contribution < 1.29 is 13.9 Å². The Kier molecular flexibility index (Phi) is 5.40. The number of likely N-dealkylation sites (tertiary alicyclic amines) is 2. The summed E-state index contributed by atoms with van der Waals surface area (Å²) in [4.78, 5) is 17.9. The largest absolute Gasteiger partial charge is 0.497 e. The molecule has 1 unspecified atom stereocenters. The zero-order valence-electron chi connectivity index (χ0n) is 16.4. The number of hydrogen-bond acceptors (Lipinski definition) is 3.